The molecule has 2 aliphatic rings. The van der Waals surface area contributed by atoms with E-state index in [0.717, 1.165) is 25.9 Å². The van der Waals surface area contributed by atoms with Crippen LogP contribution in [0.15, 0.2) is 47.4 Å². The Morgan fingerprint density at radius 3 is 2.28 bits per heavy atom. The van der Waals surface area contributed by atoms with Crippen LogP contribution in [-0.4, -0.2) is 50.0 Å². The van der Waals surface area contributed by atoms with Gasteiger partial charge in [0.15, 0.2) is 9.84 Å². The summed E-state index contributed by atoms with van der Waals surface area (Å²) in [6.07, 6.45) is 4.68. The third kappa shape index (κ3) is 5.93. The van der Waals surface area contributed by atoms with E-state index >= 15 is 0 Å². The number of carbonyl (C=O) groups is 1. The highest BCUT2D eigenvalue weighted by molar-refractivity contribution is 7.91. The molecule has 1 amide bonds. The van der Waals surface area contributed by atoms with Crippen LogP contribution in [-0.2, 0) is 15.4 Å². The first-order valence-electron chi connectivity index (χ1n) is 12.6. The quantitative estimate of drug-likeness (QED) is 0.508. The van der Waals surface area contributed by atoms with Gasteiger partial charge in [0.2, 0.25) is 0 Å². The molecule has 36 heavy (non-hydrogen) atoms. The number of aliphatic hydroxyl groups excluding tert-OH is 1. The van der Waals surface area contributed by atoms with Gasteiger partial charge in [0, 0.05) is 24.5 Å². The van der Waals surface area contributed by atoms with Gasteiger partial charge >= 0.3 is 0 Å². The van der Waals surface area contributed by atoms with Crippen molar-refractivity contribution in [1.82, 2.24) is 0 Å². The number of aliphatic hydroxyl groups is 2. The van der Waals surface area contributed by atoms with E-state index in [1.165, 1.54) is 18.9 Å². The molecule has 8 heteroatoms. The summed E-state index contributed by atoms with van der Waals surface area (Å²) in [5, 5.41) is 23.2. The molecule has 1 saturated carbocycles. The first kappa shape index (κ1) is 26.6. The van der Waals surface area contributed by atoms with Crippen LogP contribution in [0.2, 0.25) is 0 Å². The summed E-state index contributed by atoms with van der Waals surface area (Å²) in [7, 11) is -3.51. The van der Waals surface area contributed by atoms with Crippen molar-refractivity contribution in [3.63, 3.8) is 0 Å². The number of hydrogen-bond donors (Lipinski definition) is 3. The smallest absolute Gasteiger partial charge is 0.257 e. The molecule has 0 radical (unpaired) electrons. The molecular formula is C28H38N2O5S. The molecular weight excluding hydrogens is 476 g/mol. The van der Waals surface area contributed by atoms with Crippen LogP contribution < -0.4 is 10.2 Å². The van der Waals surface area contributed by atoms with Crippen LogP contribution in [0, 0.1) is 10.8 Å². The lowest BCUT2D eigenvalue weighted by atomic mass is 9.91. The van der Waals surface area contributed by atoms with Gasteiger partial charge in [0.25, 0.3) is 5.91 Å². The first-order chi connectivity index (χ1) is 16.7. The van der Waals surface area contributed by atoms with Crippen molar-refractivity contribution in [2.75, 3.05) is 35.7 Å². The van der Waals surface area contributed by atoms with Crippen molar-refractivity contribution in [3.8, 4) is 0 Å². The molecule has 1 aliphatic carbocycles. The average molecular weight is 515 g/mol. The lowest BCUT2D eigenvalue weighted by Crippen LogP contribution is -2.36. The fourth-order valence-electron chi connectivity index (χ4n) is 4.93. The number of anilines is 2. The maximum atomic E-state index is 13.4. The van der Waals surface area contributed by atoms with E-state index in [1.807, 2.05) is 20.8 Å². The SMILES string of the molecule is CC(C)(C)CS(=O)(=O)c1cccc(NC(=O)c2ccc([C@](C)(O)CO)cc2N2CCC3(CC2)CC3)c1. The standard InChI is InChI=1S/C28H38N2O5S/c1-26(2,3)19-36(34,35)22-7-5-6-21(17-22)29-25(32)23-9-8-20(27(4,33)18-31)16-24(23)30-14-12-28(10-11-28)13-15-30/h5-9,16-17,31,33H,10-15,18-19H2,1-4H3,(H,29,32)/t27-/m1/s1. The number of sulfone groups is 1. The molecule has 0 aromatic heterocycles. The zero-order valence-corrected chi connectivity index (χ0v) is 22.5. The summed E-state index contributed by atoms with van der Waals surface area (Å²) in [6, 6.07) is 11.5. The zero-order valence-electron chi connectivity index (χ0n) is 21.7. The highest BCUT2D eigenvalue weighted by Crippen LogP contribution is 2.54. The average Bonchev–Trinajstić information content (AvgIpc) is 3.56. The molecule has 1 aliphatic heterocycles. The fourth-order valence-corrected chi connectivity index (χ4v) is 6.83. The fraction of sp³-hybridized carbons (Fsp3) is 0.536. The topological polar surface area (TPSA) is 107 Å². The van der Waals surface area contributed by atoms with Crippen molar-refractivity contribution in [2.45, 2.75) is 63.9 Å². The third-order valence-electron chi connectivity index (χ3n) is 7.37. The van der Waals surface area contributed by atoms with Gasteiger partial charge in [-0.25, -0.2) is 8.42 Å². The molecule has 0 bridgehead atoms. The Morgan fingerprint density at radius 2 is 1.69 bits per heavy atom. The Bertz CT molecular complexity index is 1230. The minimum absolute atomic E-state index is 0.00421. The summed E-state index contributed by atoms with van der Waals surface area (Å²) in [6.45, 7) is 8.39. The largest absolute Gasteiger partial charge is 0.393 e. The number of nitrogens with one attached hydrogen (secondary N) is 1. The highest BCUT2D eigenvalue weighted by atomic mass is 32.2. The van der Waals surface area contributed by atoms with Gasteiger partial charge < -0.3 is 20.4 Å². The maximum Gasteiger partial charge on any atom is 0.257 e. The number of hydrogen-bond acceptors (Lipinski definition) is 6. The molecule has 2 fully saturated rings. The molecule has 7 nitrogen and oxygen atoms in total. The maximum absolute atomic E-state index is 13.4. The molecule has 3 N–H and O–H groups in total. The molecule has 0 unspecified atom stereocenters. The summed E-state index contributed by atoms with van der Waals surface area (Å²) in [5.74, 6) is -0.346. The Morgan fingerprint density at radius 1 is 1.03 bits per heavy atom. The third-order valence-corrected chi connectivity index (χ3v) is 9.59. The minimum atomic E-state index is -3.51. The van der Waals surface area contributed by atoms with Crippen LogP contribution in [0.4, 0.5) is 11.4 Å². The van der Waals surface area contributed by atoms with E-state index in [0.29, 0.717) is 27.9 Å². The Labute approximate surface area is 214 Å². The normalized spacial score (nSPS) is 19.1. The lowest BCUT2D eigenvalue weighted by Gasteiger charge is -2.35. The van der Waals surface area contributed by atoms with Crippen LogP contribution >= 0.6 is 0 Å². The van der Waals surface area contributed by atoms with Crippen LogP contribution in [0.5, 0.6) is 0 Å². The van der Waals surface area contributed by atoms with Gasteiger partial charge in [-0.1, -0.05) is 32.9 Å². The summed E-state index contributed by atoms with van der Waals surface area (Å²) < 4.78 is 25.7. The second kappa shape index (κ2) is 9.47. The molecule has 1 atom stereocenters. The van der Waals surface area contributed by atoms with Gasteiger partial charge in [-0.05, 0) is 79.3 Å². The molecule has 2 aromatic rings. The van der Waals surface area contributed by atoms with E-state index < -0.39 is 27.5 Å². The van der Waals surface area contributed by atoms with Crippen LogP contribution in [0.3, 0.4) is 0 Å². The molecule has 1 saturated heterocycles. The van der Waals surface area contributed by atoms with Gasteiger partial charge in [0.1, 0.15) is 5.60 Å². The number of benzene rings is 2. The minimum Gasteiger partial charge on any atom is -0.393 e. The number of nitrogens with zero attached hydrogens (tertiary/aromatic N) is 1. The van der Waals surface area contributed by atoms with E-state index in [9.17, 15) is 23.4 Å². The van der Waals surface area contributed by atoms with E-state index in [4.69, 9.17) is 0 Å². The summed E-state index contributed by atoms with van der Waals surface area (Å²) in [4.78, 5) is 15.8. The van der Waals surface area contributed by atoms with Gasteiger partial charge in [-0.15, -0.1) is 0 Å². The molecule has 1 spiro atoms. The predicted molar refractivity (Wildman–Crippen MR) is 142 cm³/mol. The van der Waals surface area contributed by atoms with Crippen molar-refractivity contribution in [3.05, 3.63) is 53.6 Å². The number of rotatable bonds is 7. The number of piperidine rings is 1. The highest BCUT2D eigenvalue weighted by Gasteiger charge is 2.44. The van der Waals surface area contributed by atoms with Gasteiger partial charge in [-0.3, -0.25) is 4.79 Å². The second-order valence-electron chi connectivity index (χ2n) is 12.0. The van der Waals surface area contributed by atoms with Crippen LogP contribution in [0.1, 0.15) is 69.3 Å². The molecule has 196 valence electrons. The Balaban J connectivity index is 1.62. The monoisotopic (exact) mass is 514 g/mol. The summed E-state index contributed by atoms with van der Waals surface area (Å²) >= 11 is 0. The van der Waals surface area contributed by atoms with E-state index in [2.05, 4.69) is 10.2 Å². The zero-order chi connectivity index (χ0) is 26.4. The molecule has 4 rings (SSSR count). The van der Waals surface area contributed by atoms with Crippen molar-refractivity contribution < 1.29 is 23.4 Å². The Kier molecular flexibility index (Phi) is 7.01. The summed E-state index contributed by atoms with van der Waals surface area (Å²) in [5.41, 5.74) is 0.756. The van der Waals surface area contributed by atoms with Gasteiger partial charge in [-0.2, -0.15) is 0 Å². The second-order valence-corrected chi connectivity index (χ2v) is 13.9. The van der Waals surface area contributed by atoms with Crippen molar-refractivity contribution in [2.24, 2.45) is 10.8 Å². The first-order valence-corrected chi connectivity index (χ1v) is 14.3. The predicted octanol–water partition coefficient (Wildman–Crippen LogP) is 4.34. The van der Waals surface area contributed by atoms with E-state index in [1.54, 1.807) is 43.3 Å². The lowest BCUT2D eigenvalue weighted by molar-refractivity contribution is -0.00227. The van der Waals surface area contributed by atoms with Crippen LogP contribution in [0.25, 0.3) is 0 Å². The van der Waals surface area contributed by atoms with Crippen molar-refractivity contribution >= 4 is 27.1 Å². The Hall–Kier alpha value is -2.42. The van der Waals surface area contributed by atoms with Crippen molar-refractivity contribution in [1.29, 1.82) is 0 Å². The van der Waals surface area contributed by atoms with Gasteiger partial charge in [0.05, 0.1) is 22.8 Å². The van der Waals surface area contributed by atoms with E-state index in [-0.39, 0.29) is 16.6 Å². The number of amides is 1. The number of carbonyl (C=O) groups excluding carboxylic acids is 1. The molecule has 1 heterocycles. The molecule has 2 aromatic carbocycles.